The molecule has 0 radical (unpaired) electrons. The van der Waals surface area contributed by atoms with Crippen LogP contribution in [0, 0.1) is 0 Å². The first kappa shape index (κ1) is 17.9. The van der Waals surface area contributed by atoms with E-state index in [4.69, 9.17) is 9.47 Å². The van der Waals surface area contributed by atoms with Gasteiger partial charge in [-0.1, -0.05) is 0 Å². The average Bonchev–Trinajstić information content (AvgIpc) is 3.09. The molecule has 138 valence electrons. The number of hydrogen-bond donors (Lipinski definition) is 2. The van der Waals surface area contributed by atoms with Crippen LogP contribution in [0.1, 0.15) is 33.6 Å². The lowest BCUT2D eigenvalue weighted by Crippen LogP contribution is -2.45. The molecule has 0 aliphatic carbocycles. The highest BCUT2D eigenvalue weighted by Gasteiger charge is 2.24. The summed E-state index contributed by atoms with van der Waals surface area (Å²) in [6.45, 7) is 8.53. The van der Waals surface area contributed by atoms with Gasteiger partial charge in [-0.15, -0.1) is 0 Å². The zero-order valence-corrected chi connectivity index (χ0v) is 15.2. The van der Waals surface area contributed by atoms with Crippen LogP contribution in [0.5, 0.6) is 0 Å². The van der Waals surface area contributed by atoms with Gasteiger partial charge in [0.15, 0.2) is 0 Å². The molecular weight excluding hydrogens is 320 g/mol. The van der Waals surface area contributed by atoms with Gasteiger partial charge in [0.1, 0.15) is 5.82 Å². The third-order valence-corrected chi connectivity index (χ3v) is 4.63. The van der Waals surface area contributed by atoms with E-state index in [9.17, 15) is 4.79 Å². The molecule has 0 unspecified atom stereocenters. The lowest BCUT2D eigenvalue weighted by atomic mass is 10.1. The van der Waals surface area contributed by atoms with E-state index < -0.39 is 0 Å². The minimum Gasteiger partial charge on any atom is -0.376 e. The van der Waals surface area contributed by atoms with Crippen molar-refractivity contribution in [3.63, 3.8) is 0 Å². The van der Waals surface area contributed by atoms with Crippen molar-refractivity contribution in [3.05, 3.63) is 18.3 Å². The van der Waals surface area contributed by atoms with E-state index in [1.807, 2.05) is 19.1 Å². The quantitative estimate of drug-likeness (QED) is 0.874. The van der Waals surface area contributed by atoms with Gasteiger partial charge in [0.05, 0.1) is 36.2 Å². The molecule has 2 saturated heterocycles. The summed E-state index contributed by atoms with van der Waals surface area (Å²) in [6, 6.07) is 3.57. The van der Waals surface area contributed by atoms with Crippen molar-refractivity contribution >= 4 is 17.5 Å². The Morgan fingerprint density at radius 3 is 2.68 bits per heavy atom. The Morgan fingerprint density at radius 1 is 1.32 bits per heavy atom. The molecule has 1 aromatic rings. The number of nitrogens with zero attached hydrogens (tertiary/aromatic N) is 2. The number of carbonyl (C=O) groups excluding carboxylic acids is 1. The molecule has 2 amide bonds. The predicted molar refractivity (Wildman–Crippen MR) is 97.0 cm³/mol. The van der Waals surface area contributed by atoms with Gasteiger partial charge >= 0.3 is 6.03 Å². The topological polar surface area (TPSA) is 75.7 Å². The lowest BCUT2D eigenvalue weighted by molar-refractivity contribution is -0.00545. The molecule has 2 aliphatic rings. The first-order valence-electron chi connectivity index (χ1n) is 9.07. The molecule has 7 heteroatoms. The predicted octanol–water partition coefficient (Wildman–Crippen LogP) is 2.38. The van der Waals surface area contributed by atoms with E-state index >= 15 is 0 Å². The van der Waals surface area contributed by atoms with Crippen LogP contribution in [0.3, 0.4) is 0 Å². The second-order valence-electron chi connectivity index (χ2n) is 7.01. The maximum Gasteiger partial charge on any atom is 0.319 e. The van der Waals surface area contributed by atoms with Gasteiger partial charge in [0.2, 0.25) is 0 Å². The molecule has 0 saturated carbocycles. The number of rotatable bonds is 4. The number of aromatic nitrogens is 1. The smallest absolute Gasteiger partial charge is 0.319 e. The molecule has 3 heterocycles. The van der Waals surface area contributed by atoms with Crippen LogP contribution >= 0.6 is 0 Å². The van der Waals surface area contributed by atoms with Crippen LogP contribution in [0.15, 0.2) is 18.3 Å². The highest BCUT2D eigenvalue weighted by molar-refractivity contribution is 5.89. The zero-order valence-electron chi connectivity index (χ0n) is 15.2. The number of urea groups is 1. The van der Waals surface area contributed by atoms with Gasteiger partial charge in [0.25, 0.3) is 0 Å². The molecule has 4 atom stereocenters. The van der Waals surface area contributed by atoms with E-state index in [1.54, 1.807) is 6.20 Å². The van der Waals surface area contributed by atoms with E-state index in [2.05, 4.69) is 34.4 Å². The van der Waals surface area contributed by atoms with Crippen LogP contribution in [-0.4, -0.2) is 55.1 Å². The van der Waals surface area contributed by atoms with Gasteiger partial charge in [-0.05, 0) is 45.7 Å². The summed E-state index contributed by atoms with van der Waals surface area (Å²) in [5.74, 6) is 0.903. The van der Waals surface area contributed by atoms with Crippen molar-refractivity contribution < 1.29 is 14.3 Å². The molecule has 1 aromatic heterocycles. The highest BCUT2D eigenvalue weighted by atomic mass is 16.5. The SMILES string of the molecule is C[C@@H]1CN(c2ccc(NC(=O)N[C@H](C)[C@@H]3CCCO3)cn2)C[C@@H](C)O1. The Labute approximate surface area is 149 Å². The van der Waals surface area contributed by atoms with Gasteiger partial charge in [-0.3, -0.25) is 0 Å². The lowest BCUT2D eigenvalue weighted by Gasteiger charge is -2.36. The van der Waals surface area contributed by atoms with Crippen molar-refractivity contribution in [2.45, 2.75) is 58.0 Å². The van der Waals surface area contributed by atoms with Crippen molar-refractivity contribution in [2.24, 2.45) is 0 Å². The van der Waals surface area contributed by atoms with Gasteiger partial charge in [-0.25, -0.2) is 9.78 Å². The normalized spacial score (nSPS) is 27.8. The molecule has 25 heavy (non-hydrogen) atoms. The fraction of sp³-hybridized carbons (Fsp3) is 0.667. The van der Waals surface area contributed by atoms with Crippen LogP contribution in [0.2, 0.25) is 0 Å². The first-order chi connectivity index (χ1) is 12.0. The number of amides is 2. The van der Waals surface area contributed by atoms with Crippen LogP contribution < -0.4 is 15.5 Å². The van der Waals surface area contributed by atoms with Crippen molar-refractivity contribution in [1.82, 2.24) is 10.3 Å². The molecule has 2 N–H and O–H groups in total. The largest absolute Gasteiger partial charge is 0.376 e. The molecule has 0 spiro atoms. The molecule has 0 bridgehead atoms. The van der Waals surface area contributed by atoms with E-state index in [0.717, 1.165) is 38.4 Å². The average molecular weight is 348 g/mol. The van der Waals surface area contributed by atoms with Crippen molar-refractivity contribution in [3.8, 4) is 0 Å². The summed E-state index contributed by atoms with van der Waals surface area (Å²) >= 11 is 0. The fourth-order valence-corrected chi connectivity index (χ4v) is 3.48. The second kappa shape index (κ2) is 8.01. The summed E-state index contributed by atoms with van der Waals surface area (Å²) in [6.07, 6.45) is 4.23. The number of hydrogen-bond acceptors (Lipinski definition) is 5. The maximum absolute atomic E-state index is 12.1. The summed E-state index contributed by atoms with van der Waals surface area (Å²) in [7, 11) is 0. The van der Waals surface area contributed by atoms with Crippen LogP contribution in [0.25, 0.3) is 0 Å². The summed E-state index contributed by atoms with van der Waals surface area (Å²) in [5.41, 5.74) is 0.676. The molecular formula is C18H28N4O3. The summed E-state index contributed by atoms with van der Waals surface area (Å²) in [4.78, 5) is 18.8. The molecule has 2 fully saturated rings. The second-order valence-corrected chi connectivity index (χ2v) is 7.01. The maximum atomic E-state index is 12.1. The highest BCUT2D eigenvalue weighted by Crippen LogP contribution is 2.20. The monoisotopic (exact) mass is 348 g/mol. The van der Waals surface area contributed by atoms with Crippen molar-refractivity contribution in [1.29, 1.82) is 0 Å². The van der Waals surface area contributed by atoms with Gasteiger partial charge in [-0.2, -0.15) is 0 Å². The summed E-state index contributed by atoms with van der Waals surface area (Å²) in [5, 5.41) is 5.76. The Hall–Kier alpha value is -1.86. The minimum absolute atomic E-state index is 0.00828. The third-order valence-electron chi connectivity index (χ3n) is 4.63. The van der Waals surface area contributed by atoms with Gasteiger partial charge < -0.3 is 25.0 Å². The number of pyridine rings is 1. The van der Waals surface area contributed by atoms with Crippen LogP contribution in [-0.2, 0) is 9.47 Å². The number of carbonyl (C=O) groups is 1. The standard InChI is InChI=1S/C18H28N4O3/c1-12-10-22(11-13(2)25-12)17-7-6-15(9-19-17)21-18(23)20-14(3)16-5-4-8-24-16/h6-7,9,12-14,16H,4-5,8,10-11H2,1-3H3,(H2,20,21,23)/t12-,13-,14-,16+/m1/s1. The Bertz CT molecular complexity index is 564. The minimum atomic E-state index is -0.230. The zero-order chi connectivity index (χ0) is 17.8. The molecule has 2 aliphatic heterocycles. The molecule has 0 aromatic carbocycles. The van der Waals surface area contributed by atoms with E-state index in [0.29, 0.717) is 5.69 Å². The Balaban J connectivity index is 1.52. The molecule has 3 rings (SSSR count). The number of nitrogens with one attached hydrogen (secondary N) is 2. The number of morpholine rings is 1. The Morgan fingerprint density at radius 2 is 2.08 bits per heavy atom. The van der Waals surface area contributed by atoms with Crippen molar-refractivity contribution in [2.75, 3.05) is 29.9 Å². The number of anilines is 2. The Kier molecular flexibility index (Phi) is 5.75. The number of ether oxygens (including phenoxy) is 2. The third kappa shape index (κ3) is 4.83. The fourth-order valence-electron chi connectivity index (χ4n) is 3.48. The first-order valence-corrected chi connectivity index (χ1v) is 9.07. The van der Waals surface area contributed by atoms with E-state index in [1.165, 1.54) is 0 Å². The van der Waals surface area contributed by atoms with E-state index in [-0.39, 0.29) is 30.4 Å². The molecule has 7 nitrogen and oxygen atoms in total. The van der Waals surface area contributed by atoms with Gasteiger partial charge in [0, 0.05) is 19.7 Å². The van der Waals surface area contributed by atoms with Crippen LogP contribution in [0.4, 0.5) is 16.3 Å². The summed E-state index contributed by atoms with van der Waals surface area (Å²) < 4.78 is 11.3.